The van der Waals surface area contributed by atoms with Gasteiger partial charge >= 0.3 is 0 Å². The number of nitriles is 1. The molecular weight excluding hydrogens is 350 g/mol. The third kappa shape index (κ3) is 6.90. The SMILES string of the molecule is CCCCC[C@H]1CC[C@H](C=CCCc2ccc(-c3ccc(C#N)cc3)cc2)CC1. The third-order valence-corrected chi connectivity index (χ3v) is 6.42. The Hall–Kier alpha value is -2.33. The lowest BCUT2D eigenvalue weighted by atomic mass is 9.79. The highest BCUT2D eigenvalue weighted by atomic mass is 14.2. The van der Waals surface area contributed by atoms with E-state index in [-0.39, 0.29) is 0 Å². The molecule has 0 spiro atoms. The van der Waals surface area contributed by atoms with Crippen molar-refractivity contribution in [1.82, 2.24) is 0 Å². The highest BCUT2D eigenvalue weighted by Crippen LogP contribution is 2.32. The fourth-order valence-corrected chi connectivity index (χ4v) is 4.49. The molecule has 1 fully saturated rings. The van der Waals surface area contributed by atoms with Gasteiger partial charge in [-0.15, -0.1) is 0 Å². The van der Waals surface area contributed by atoms with Crippen molar-refractivity contribution >= 4 is 0 Å². The van der Waals surface area contributed by atoms with Crippen LogP contribution in [0.2, 0.25) is 0 Å². The standard InChI is InChI=1S/C28H35N/c1-2-3-4-7-23-10-12-24(13-11-23)8-5-6-9-25-14-18-27(19-15-25)28-20-16-26(22-29)17-21-28/h5,8,14-21,23-24H,2-4,6-7,9-13H2,1H3/t23-,24-. The molecule has 0 saturated heterocycles. The highest BCUT2D eigenvalue weighted by molar-refractivity contribution is 5.64. The van der Waals surface area contributed by atoms with E-state index in [0.717, 1.165) is 24.7 Å². The summed E-state index contributed by atoms with van der Waals surface area (Å²) in [7, 11) is 0. The first-order chi connectivity index (χ1) is 14.3. The van der Waals surface area contributed by atoms with Crippen LogP contribution in [-0.2, 0) is 6.42 Å². The second kappa shape index (κ2) is 11.6. The fourth-order valence-electron chi connectivity index (χ4n) is 4.49. The summed E-state index contributed by atoms with van der Waals surface area (Å²) in [6, 6.07) is 18.8. The van der Waals surface area contributed by atoms with Gasteiger partial charge in [-0.2, -0.15) is 5.26 Å². The zero-order valence-electron chi connectivity index (χ0n) is 17.9. The van der Waals surface area contributed by atoms with Crippen LogP contribution in [0.3, 0.4) is 0 Å². The van der Waals surface area contributed by atoms with Gasteiger partial charge in [0.15, 0.2) is 0 Å². The Labute approximate surface area is 177 Å². The summed E-state index contributed by atoms with van der Waals surface area (Å²) in [5.74, 6) is 1.82. The monoisotopic (exact) mass is 385 g/mol. The number of hydrogen-bond donors (Lipinski definition) is 0. The van der Waals surface area contributed by atoms with Crippen LogP contribution in [0.5, 0.6) is 0 Å². The summed E-state index contributed by atoms with van der Waals surface area (Å²) in [6.45, 7) is 2.30. The number of allylic oxidation sites excluding steroid dienone is 2. The van der Waals surface area contributed by atoms with E-state index >= 15 is 0 Å². The second-order valence-electron chi connectivity index (χ2n) is 8.63. The van der Waals surface area contributed by atoms with Gasteiger partial charge in [-0.3, -0.25) is 0 Å². The minimum absolute atomic E-state index is 0.710. The molecule has 0 aromatic heterocycles. The van der Waals surface area contributed by atoms with Crippen LogP contribution in [0.15, 0.2) is 60.7 Å². The maximum atomic E-state index is 8.92. The zero-order chi connectivity index (χ0) is 20.3. The molecule has 0 atom stereocenters. The summed E-state index contributed by atoms with van der Waals surface area (Å²) in [5, 5.41) is 8.92. The normalized spacial score (nSPS) is 19.3. The Kier molecular flexibility index (Phi) is 8.57. The number of nitrogens with zero attached hydrogens (tertiary/aromatic N) is 1. The van der Waals surface area contributed by atoms with Crippen LogP contribution < -0.4 is 0 Å². The van der Waals surface area contributed by atoms with Crippen LogP contribution in [0.1, 0.15) is 75.8 Å². The molecule has 1 saturated carbocycles. The predicted molar refractivity (Wildman–Crippen MR) is 124 cm³/mol. The Balaban J connectivity index is 1.39. The van der Waals surface area contributed by atoms with Gasteiger partial charge in [-0.1, -0.05) is 81.2 Å². The minimum Gasteiger partial charge on any atom is -0.192 e. The maximum absolute atomic E-state index is 8.92. The molecule has 152 valence electrons. The van der Waals surface area contributed by atoms with E-state index in [2.05, 4.69) is 49.4 Å². The molecule has 0 radical (unpaired) electrons. The molecule has 2 aromatic rings. The van der Waals surface area contributed by atoms with Gasteiger partial charge < -0.3 is 0 Å². The summed E-state index contributed by atoms with van der Waals surface area (Å²) in [6.07, 6.45) is 18.5. The van der Waals surface area contributed by atoms with Gasteiger partial charge in [0.05, 0.1) is 11.6 Å². The van der Waals surface area contributed by atoms with Crippen molar-refractivity contribution in [1.29, 1.82) is 5.26 Å². The van der Waals surface area contributed by atoms with Crippen molar-refractivity contribution in [2.75, 3.05) is 0 Å². The Morgan fingerprint density at radius 3 is 2.17 bits per heavy atom. The molecular formula is C28H35N. The molecule has 0 unspecified atom stereocenters. The van der Waals surface area contributed by atoms with E-state index in [9.17, 15) is 0 Å². The number of hydrogen-bond acceptors (Lipinski definition) is 1. The largest absolute Gasteiger partial charge is 0.192 e. The lowest BCUT2D eigenvalue weighted by Crippen LogP contribution is -2.13. The van der Waals surface area contributed by atoms with E-state index in [1.165, 1.54) is 68.1 Å². The number of aryl methyl sites for hydroxylation is 1. The molecule has 3 rings (SSSR count). The average Bonchev–Trinajstić information content (AvgIpc) is 2.78. The molecule has 0 aliphatic heterocycles. The second-order valence-corrected chi connectivity index (χ2v) is 8.63. The van der Waals surface area contributed by atoms with E-state index < -0.39 is 0 Å². The van der Waals surface area contributed by atoms with Crippen molar-refractivity contribution < 1.29 is 0 Å². The first-order valence-corrected chi connectivity index (χ1v) is 11.5. The van der Waals surface area contributed by atoms with Crippen molar-refractivity contribution in [3.05, 3.63) is 71.8 Å². The highest BCUT2D eigenvalue weighted by Gasteiger charge is 2.18. The van der Waals surface area contributed by atoms with Gasteiger partial charge in [0.1, 0.15) is 0 Å². The van der Waals surface area contributed by atoms with Crippen molar-refractivity contribution in [3.63, 3.8) is 0 Å². The third-order valence-electron chi connectivity index (χ3n) is 6.42. The van der Waals surface area contributed by atoms with Crippen LogP contribution in [0.25, 0.3) is 11.1 Å². The quantitative estimate of drug-likeness (QED) is 0.316. The molecule has 2 aromatic carbocycles. The van der Waals surface area contributed by atoms with Crippen LogP contribution >= 0.6 is 0 Å². The summed E-state index contributed by atoms with van der Waals surface area (Å²) in [4.78, 5) is 0. The molecule has 0 bridgehead atoms. The molecule has 0 N–H and O–H groups in total. The smallest absolute Gasteiger partial charge is 0.0991 e. The van der Waals surface area contributed by atoms with Crippen molar-refractivity contribution in [2.24, 2.45) is 11.8 Å². The molecule has 1 heteroatoms. The first-order valence-electron chi connectivity index (χ1n) is 11.5. The summed E-state index contributed by atoms with van der Waals surface area (Å²) in [5.41, 5.74) is 4.49. The lowest BCUT2D eigenvalue weighted by molar-refractivity contribution is 0.289. The van der Waals surface area contributed by atoms with E-state index in [4.69, 9.17) is 5.26 Å². The topological polar surface area (TPSA) is 23.8 Å². The molecule has 0 amide bonds. The van der Waals surface area contributed by atoms with Crippen LogP contribution in [0.4, 0.5) is 0 Å². The van der Waals surface area contributed by atoms with Gasteiger partial charge in [-0.25, -0.2) is 0 Å². The Morgan fingerprint density at radius 1 is 0.897 bits per heavy atom. The number of benzene rings is 2. The van der Waals surface area contributed by atoms with Gasteiger partial charge in [0.25, 0.3) is 0 Å². The maximum Gasteiger partial charge on any atom is 0.0991 e. The summed E-state index contributed by atoms with van der Waals surface area (Å²) >= 11 is 0. The van der Waals surface area contributed by atoms with E-state index in [1.54, 1.807) is 0 Å². The van der Waals surface area contributed by atoms with E-state index in [1.807, 2.05) is 24.3 Å². The Bertz CT molecular complexity index is 784. The van der Waals surface area contributed by atoms with Crippen molar-refractivity contribution in [2.45, 2.75) is 71.1 Å². The zero-order valence-corrected chi connectivity index (χ0v) is 17.9. The Morgan fingerprint density at radius 2 is 1.55 bits per heavy atom. The van der Waals surface area contributed by atoms with Gasteiger partial charge in [0.2, 0.25) is 0 Å². The van der Waals surface area contributed by atoms with Gasteiger partial charge in [0, 0.05) is 0 Å². The fraction of sp³-hybridized carbons (Fsp3) is 0.464. The molecule has 1 aliphatic rings. The number of unbranched alkanes of at least 4 members (excludes halogenated alkanes) is 2. The summed E-state index contributed by atoms with van der Waals surface area (Å²) < 4.78 is 0. The van der Waals surface area contributed by atoms with Gasteiger partial charge in [-0.05, 0) is 79.2 Å². The number of rotatable bonds is 9. The predicted octanol–water partition coefficient (Wildman–Crippen LogP) is 8.10. The van der Waals surface area contributed by atoms with Crippen molar-refractivity contribution in [3.8, 4) is 17.2 Å². The van der Waals surface area contributed by atoms with Crippen LogP contribution in [0, 0.1) is 23.2 Å². The average molecular weight is 386 g/mol. The van der Waals surface area contributed by atoms with E-state index in [0.29, 0.717) is 5.56 Å². The molecule has 0 heterocycles. The lowest BCUT2D eigenvalue weighted by Gasteiger charge is -2.26. The van der Waals surface area contributed by atoms with Crippen LogP contribution in [-0.4, -0.2) is 0 Å². The molecule has 29 heavy (non-hydrogen) atoms. The minimum atomic E-state index is 0.710. The molecule has 1 aliphatic carbocycles. The first kappa shape index (κ1) is 21.4. The molecule has 1 nitrogen and oxygen atoms in total.